The first-order valence-electron chi connectivity index (χ1n) is 9.42. The van der Waals surface area contributed by atoms with E-state index in [1.54, 1.807) is 6.07 Å². The molecule has 0 aliphatic carbocycles. The molecule has 2 aromatic rings. The van der Waals surface area contributed by atoms with Crippen LogP contribution in [-0.4, -0.2) is 52.1 Å². The molecule has 1 fully saturated rings. The van der Waals surface area contributed by atoms with Crippen LogP contribution in [0.4, 0.5) is 13.2 Å². The second-order valence-corrected chi connectivity index (χ2v) is 7.92. The first-order valence-corrected chi connectivity index (χ1v) is 10.2. The lowest BCUT2D eigenvalue weighted by Crippen LogP contribution is -2.34. The Morgan fingerprint density at radius 2 is 1.69 bits per heavy atom. The molecule has 1 aliphatic heterocycles. The lowest BCUT2D eigenvalue weighted by atomic mass is 10.1. The number of carbonyl (C=O) groups excluding carboxylic acids is 1. The van der Waals surface area contributed by atoms with Crippen molar-refractivity contribution in [2.24, 2.45) is 0 Å². The van der Waals surface area contributed by atoms with Crippen LogP contribution in [0.3, 0.4) is 0 Å². The molecule has 0 radical (unpaired) electrons. The van der Waals surface area contributed by atoms with Gasteiger partial charge in [-0.1, -0.05) is 6.07 Å². The van der Waals surface area contributed by atoms with Crippen LogP contribution in [0.15, 0.2) is 47.4 Å². The van der Waals surface area contributed by atoms with Gasteiger partial charge in [0.1, 0.15) is 17.6 Å². The molecule has 0 bridgehead atoms. The normalized spacial score (nSPS) is 15.2. The zero-order valence-corrected chi connectivity index (χ0v) is 17.3. The van der Waals surface area contributed by atoms with Crippen molar-refractivity contribution in [1.29, 1.82) is 0 Å². The highest BCUT2D eigenvalue weighted by atomic mass is 32.2. The van der Waals surface area contributed by atoms with Crippen LogP contribution in [0.5, 0.6) is 11.5 Å². The first-order chi connectivity index (χ1) is 15.2. The second kappa shape index (κ2) is 10.1. The Labute approximate surface area is 185 Å². The number of hydrogen-bond donors (Lipinski definition) is 3. The zero-order chi connectivity index (χ0) is 23.3. The Kier molecular flexibility index (Phi) is 7.48. The van der Waals surface area contributed by atoms with Crippen LogP contribution in [0.1, 0.15) is 33.6 Å². The van der Waals surface area contributed by atoms with E-state index in [9.17, 15) is 27.9 Å². The van der Waals surface area contributed by atoms with E-state index in [0.717, 1.165) is 0 Å². The average molecular weight is 472 g/mol. The molecule has 1 saturated heterocycles. The van der Waals surface area contributed by atoms with Gasteiger partial charge in [-0.3, -0.25) is 10.0 Å². The molecule has 1 heterocycles. The molecule has 0 atom stereocenters. The van der Waals surface area contributed by atoms with Crippen LogP contribution in [-0.2, 0) is 0 Å². The summed E-state index contributed by atoms with van der Waals surface area (Å²) >= 11 is 1.20. The van der Waals surface area contributed by atoms with Gasteiger partial charge in [-0.15, -0.1) is 13.2 Å². The number of amides is 1. The number of piperidine rings is 1. The van der Waals surface area contributed by atoms with E-state index in [2.05, 4.69) is 4.74 Å². The van der Waals surface area contributed by atoms with Gasteiger partial charge >= 0.3 is 12.3 Å². The average Bonchev–Trinajstić information content (AvgIpc) is 2.74. The van der Waals surface area contributed by atoms with E-state index >= 15 is 0 Å². The van der Waals surface area contributed by atoms with Crippen molar-refractivity contribution in [2.45, 2.75) is 30.2 Å². The van der Waals surface area contributed by atoms with Gasteiger partial charge in [0.25, 0.3) is 5.91 Å². The quantitative estimate of drug-likeness (QED) is 0.316. The number of carboxylic acids is 1. The molecule has 3 N–H and O–H groups in total. The van der Waals surface area contributed by atoms with Crippen molar-refractivity contribution >= 4 is 23.8 Å². The Bertz CT molecular complexity index is 963. The number of halogens is 3. The summed E-state index contributed by atoms with van der Waals surface area (Å²) < 4.78 is 48.3. The van der Waals surface area contributed by atoms with E-state index in [0.29, 0.717) is 36.6 Å². The minimum absolute atomic E-state index is 0.132. The molecule has 172 valence electrons. The minimum Gasteiger partial charge on any atom is -0.490 e. The summed E-state index contributed by atoms with van der Waals surface area (Å²) in [5.74, 6) is -2.12. The van der Waals surface area contributed by atoms with Crippen LogP contribution in [0.2, 0.25) is 0 Å². The Balaban J connectivity index is 1.58. The van der Waals surface area contributed by atoms with Gasteiger partial charge in [0.05, 0.1) is 11.1 Å². The molecule has 3 rings (SSSR count). The number of benzene rings is 2. The third-order valence-corrected chi connectivity index (χ3v) is 5.73. The zero-order valence-electron chi connectivity index (χ0n) is 16.5. The smallest absolute Gasteiger partial charge is 0.490 e. The molecule has 0 unspecified atom stereocenters. The van der Waals surface area contributed by atoms with Crippen LogP contribution in [0.25, 0.3) is 0 Å². The first kappa shape index (κ1) is 23.7. The van der Waals surface area contributed by atoms with Gasteiger partial charge in [-0.05, 0) is 61.2 Å². The van der Waals surface area contributed by atoms with Crippen molar-refractivity contribution < 1.29 is 42.5 Å². The summed E-state index contributed by atoms with van der Waals surface area (Å²) in [5, 5.41) is 18.3. The van der Waals surface area contributed by atoms with Gasteiger partial charge in [0.15, 0.2) is 0 Å². The van der Waals surface area contributed by atoms with Crippen molar-refractivity contribution in [3.05, 3.63) is 53.6 Å². The third kappa shape index (κ3) is 6.28. The number of hydroxylamine groups is 1. The molecule has 1 aliphatic rings. The topological polar surface area (TPSA) is 108 Å². The molecular formula is C20H19F3N2O6S. The molecule has 0 spiro atoms. The fraction of sp³-hybridized carbons (Fsp3) is 0.300. The summed E-state index contributed by atoms with van der Waals surface area (Å²) in [6.45, 7) is 1.12. The fourth-order valence-electron chi connectivity index (χ4n) is 3.17. The maximum absolute atomic E-state index is 12.2. The van der Waals surface area contributed by atoms with E-state index < -0.39 is 18.2 Å². The van der Waals surface area contributed by atoms with Gasteiger partial charge in [-0.2, -0.15) is 0 Å². The van der Waals surface area contributed by atoms with Gasteiger partial charge in [0.2, 0.25) is 0 Å². The van der Waals surface area contributed by atoms with Crippen molar-refractivity contribution in [3.63, 3.8) is 0 Å². The number of hydrogen-bond acceptors (Lipinski definition) is 7. The maximum atomic E-state index is 12.2. The Morgan fingerprint density at radius 3 is 2.25 bits per heavy atom. The van der Waals surface area contributed by atoms with Crippen LogP contribution < -0.4 is 15.0 Å². The van der Waals surface area contributed by atoms with Crippen molar-refractivity contribution in [2.75, 3.05) is 13.1 Å². The lowest BCUT2D eigenvalue weighted by molar-refractivity contribution is -0.274. The molecule has 2 aromatic carbocycles. The number of nitrogens with zero attached hydrogens (tertiary/aromatic N) is 1. The SMILES string of the molecule is O=C(O)c1cccc(SN2CCC(Oc3ccc(OC(F)(F)F)cc3)CC2)c1C(=O)NO. The van der Waals surface area contributed by atoms with Crippen LogP contribution >= 0.6 is 11.9 Å². The molecule has 0 saturated carbocycles. The molecular weight excluding hydrogens is 453 g/mol. The summed E-state index contributed by atoms with van der Waals surface area (Å²) in [7, 11) is 0. The second-order valence-electron chi connectivity index (χ2n) is 6.78. The van der Waals surface area contributed by atoms with E-state index in [1.807, 2.05) is 4.31 Å². The fourth-order valence-corrected chi connectivity index (χ4v) is 4.27. The van der Waals surface area contributed by atoms with Gasteiger partial charge in [0, 0.05) is 18.0 Å². The standard InChI is InChI=1S/C20H19F3N2O6S/c21-20(22,23)31-14-6-4-12(5-7-14)30-13-8-10-25(11-9-13)32-16-3-1-2-15(19(27)28)17(16)18(26)24-29/h1-7,13,29H,8-11H2,(H,24,26)(H,27,28). The van der Waals surface area contributed by atoms with E-state index in [-0.39, 0.29) is 23.0 Å². The van der Waals surface area contributed by atoms with Gasteiger partial charge < -0.3 is 14.6 Å². The predicted octanol–water partition coefficient (Wildman–Crippen LogP) is 3.95. The molecule has 1 amide bonds. The maximum Gasteiger partial charge on any atom is 0.573 e. The summed E-state index contributed by atoms with van der Waals surface area (Å²) in [4.78, 5) is 23.8. The summed E-state index contributed by atoms with van der Waals surface area (Å²) in [6, 6.07) is 9.55. The highest BCUT2D eigenvalue weighted by molar-refractivity contribution is 7.97. The number of alkyl halides is 3. The molecule has 12 heteroatoms. The number of carbonyl (C=O) groups is 2. The number of rotatable bonds is 7. The molecule has 32 heavy (non-hydrogen) atoms. The highest BCUT2D eigenvalue weighted by Gasteiger charge is 2.31. The van der Waals surface area contributed by atoms with Gasteiger partial charge in [-0.25, -0.2) is 14.6 Å². The number of nitrogens with one attached hydrogen (secondary N) is 1. The Hall–Kier alpha value is -2.96. The summed E-state index contributed by atoms with van der Waals surface area (Å²) in [5.41, 5.74) is 1.12. The third-order valence-electron chi connectivity index (χ3n) is 4.57. The van der Waals surface area contributed by atoms with Crippen molar-refractivity contribution in [1.82, 2.24) is 9.79 Å². The molecule has 0 aromatic heterocycles. The van der Waals surface area contributed by atoms with Crippen LogP contribution in [0, 0.1) is 0 Å². The Morgan fingerprint density at radius 1 is 1.06 bits per heavy atom. The highest BCUT2D eigenvalue weighted by Crippen LogP contribution is 2.32. The number of ether oxygens (including phenoxy) is 2. The minimum atomic E-state index is -4.76. The monoisotopic (exact) mass is 472 g/mol. The molecule has 8 nitrogen and oxygen atoms in total. The van der Waals surface area contributed by atoms with E-state index in [4.69, 9.17) is 9.94 Å². The number of aromatic carboxylic acids is 1. The lowest BCUT2D eigenvalue weighted by Gasteiger charge is -2.31. The van der Waals surface area contributed by atoms with Crippen molar-refractivity contribution in [3.8, 4) is 11.5 Å². The van der Waals surface area contributed by atoms with E-state index in [1.165, 1.54) is 53.8 Å². The summed E-state index contributed by atoms with van der Waals surface area (Å²) in [6.07, 6.45) is -3.71. The predicted molar refractivity (Wildman–Crippen MR) is 107 cm³/mol. The number of carboxylic acid groups (broad SMARTS) is 1. The largest absolute Gasteiger partial charge is 0.573 e.